The molecule has 1 aromatic carbocycles. The maximum atomic E-state index is 12.3. The van der Waals surface area contributed by atoms with Crippen LogP contribution in [0.4, 0.5) is 4.79 Å². The number of carbonyl (C=O) groups is 2. The van der Waals surface area contributed by atoms with Crippen molar-refractivity contribution in [2.45, 2.75) is 43.7 Å². The van der Waals surface area contributed by atoms with Crippen LogP contribution in [-0.2, 0) is 15.3 Å². The molecule has 1 fully saturated rings. The molecule has 2 amide bonds. The predicted molar refractivity (Wildman–Crippen MR) is 97.0 cm³/mol. The number of nitrogens with one attached hydrogen (secondary N) is 1. The topological polar surface area (TPSA) is 58.6 Å². The molecular formula is C18H26N2O3S. The number of hydrogen-bond donors (Lipinski definition) is 1. The normalized spacial score (nSPS) is 16.5. The van der Waals surface area contributed by atoms with E-state index < -0.39 is 0 Å². The molecule has 0 spiro atoms. The summed E-state index contributed by atoms with van der Waals surface area (Å²) < 4.78 is 5.01. The lowest BCUT2D eigenvalue weighted by Gasteiger charge is -2.32. The van der Waals surface area contributed by atoms with Gasteiger partial charge < -0.3 is 15.0 Å². The van der Waals surface area contributed by atoms with Crippen LogP contribution in [0.1, 0.15) is 32.3 Å². The molecule has 0 aliphatic carbocycles. The van der Waals surface area contributed by atoms with Crippen LogP contribution < -0.4 is 5.32 Å². The van der Waals surface area contributed by atoms with Gasteiger partial charge >= 0.3 is 6.09 Å². The van der Waals surface area contributed by atoms with Crippen LogP contribution in [0, 0.1) is 0 Å². The molecular weight excluding hydrogens is 324 g/mol. The zero-order valence-electron chi connectivity index (χ0n) is 14.4. The molecule has 1 aromatic rings. The second-order valence-electron chi connectivity index (χ2n) is 5.91. The molecule has 2 rings (SSSR count). The standard InChI is InChI=1S/C18H26N2O3S/c1-3-23-18(22)20-11-9-16(10-12-20)19-17(21)14(2)24-13-15-7-5-4-6-8-15/h4-8,14,16H,3,9-13H2,1-2H3,(H,19,21). The number of amides is 2. The summed E-state index contributed by atoms with van der Waals surface area (Å²) in [6.45, 7) is 5.41. The second kappa shape index (κ2) is 9.57. The van der Waals surface area contributed by atoms with E-state index in [9.17, 15) is 9.59 Å². The highest BCUT2D eigenvalue weighted by atomic mass is 32.2. The first kappa shape index (κ1) is 18.6. The molecule has 5 nitrogen and oxygen atoms in total. The van der Waals surface area contributed by atoms with Gasteiger partial charge in [-0.05, 0) is 32.3 Å². The molecule has 1 heterocycles. The Balaban J connectivity index is 1.70. The highest BCUT2D eigenvalue weighted by molar-refractivity contribution is 7.99. The summed E-state index contributed by atoms with van der Waals surface area (Å²) in [6.07, 6.45) is 1.30. The molecule has 0 saturated carbocycles. The van der Waals surface area contributed by atoms with E-state index in [2.05, 4.69) is 17.4 Å². The molecule has 6 heteroatoms. The number of hydrogen-bond acceptors (Lipinski definition) is 4. The third kappa shape index (κ3) is 5.74. The van der Waals surface area contributed by atoms with Crippen molar-refractivity contribution in [2.24, 2.45) is 0 Å². The zero-order chi connectivity index (χ0) is 17.4. The van der Waals surface area contributed by atoms with Gasteiger partial charge in [-0.2, -0.15) is 0 Å². The average Bonchev–Trinajstić information content (AvgIpc) is 2.61. The Morgan fingerprint density at radius 1 is 1.29 bits per heavy atom. The fourth-order valence-electron chi connectivity index (χ4n) is 2.61. The van der Waals surface area contributed by atoms with Gasteiger partial charge in [0, 0.05) is 24.9 Å². The first-order valence-electron chi connectivity index (χ1n) is 8.47. The van der Waals surface area contributed by atoms with Gasteiger partial charge in [-0.15, -0.1) is 11.8 Å². The molecule has 0 bridgehead atoms. The Bertz CT molecular complexity index is 530. The van der Waals surface area contributed by atoms with Crippen molar-refractivity contribution in [3.63, 3.8) is 0 Å². The molecule has 1 aliphatic heterocycles. The lowest BCUT2D eigenvalue weighted by Crippen LogP contribution is -2.48. The minimum Gasteiger partial charge on any atom is -0.450 e. The first-order valence-corrected chi connectivity index (χ1v) is 9.52. The maximum Gasteiger partial charge on any atom is 0.409 e. The number of ether oxygens (including phenoxy) is 1. The van der Waals surface area contributed by atoms with Gasteiger partial charge in [-0.3, -0.25) is 4.79 Å². The van der Waals surface area contributed by atoms with Gasteiger partial charge in [-0.25, -0.2) is 4.79 Å². The number of piperidine rings is 1. The van der Waals surface area contributed by atoms with E-state index in [4.69, 9.17) is 4.74 Å². The number of benzene rings is 1. The van der Waals surface area contributed by atoms with Crippen LogP contribution in [0.15, 0.2) is 30.3 Å². The van der Waals surface area contributed by atoms with Crippen molar-refractivity contribution in [1.82, 2.24) is 10.2 Å². The van der Waals surface area contributed by atoms with Crippen LogP contribution >= 0.6 is 11.8 Å². The van der Waals surface area contributed by atoms with Gasteiger partial charge in [0.1, 0.15) is 0 Å². The summed E-state index contributed by atoms with van der Waals surface area (Å²) in [6, 6.07) is 10.3. The molecule has 1 atom stereocenters. The number of carbonyl (C=O) groups excluding carboxylic acids is 2. The van der Waals surface area contributed by atoms with E-state index in [1.165, 1.54) is 5.56 Å². The van der Waals surface area contributed by atoms with Crippen molar-refractivity contribution in [1.29, 1.82) is 0 Å². The number of thioether (sulfide) groups is 1. The molecule has 1 saturated heterocycles. The SMILES string of the molecule is CCOC(=O)N1CCC(NC(=O)C(C)SCc2ccccc2)CC1. The monoisotopic (exact) mass is 350 g/mol. The van der Waals surface area contributed by atoms with E-state index >= 15 is 0 Å². The quantitative estimate of drug-likeness (QED) is 0.857. The molecule has 1 N–H and O–H groups in total. The Hall–Kier alpha value is -1.69. The van der Waals surface area contributed by atoms with Crippen molar-refractivity contribution in [2.75, 3.05) is 19.7 Å². The summed E-state index contributed by atoms with van der Waals surface area (Å²) in [7, 11) is 0. The fourth-order valence-corrected chi connectivity index (χ4v) is 3.47. The number of rotatable bonds is 6. The lowest BCUT2D eigenvalue weighted by atomic mass is 10.1. The molecule has 132 valence electrons. The minimum absolute atomic E-state index is 0.0746. The highest BCUT2D eigenvalue weighted by Crippen LogP contribution is 2.19. The van der Waals surface area contributed by atoms with Gasteiger partial charge in [-0.1, -0.05) is 30.3 Å². The fraction of sp³-hybridized carbons (Fsp3) is 0.556. The lowest BCUT2D eigenvalue weighted by molar-refractivity contribution is -0.121. The van der Waals surface area contributed by atoms with Crippen LogP contribution in [-0.4, -0.2) is 47.9 Å². The van der Waals surface area contributed by atoms with E-state index in [1.54, 1.807) is 23.6 Å². The van der Waals surface area contributed by atoms with Gasteiger partial charge in [0.15, 0.2) is 0 Å². The van der Waals surface area contributed by atoms with Gasteiger partial charge in [0.05, 0.1) is 11.9 Å². The zero-order valence-corrected chi connectivity index (χ0v) is 15.2. The number of likely N-dealkylation sites (tertiary alicyclic amines) is 1. The third-order valence-corrected chi connectivity index (χ3v) is 5.29. The van der Waals surface area contributed by atoms with E-state index in [-0.39, 0.29) is 23.3 Å². The predicted octanol–water partition coefficient (Wildman–Crippen LogP) is 3.05. The Labute approximate surface area is 148 Å². The van der Waals surface area contributed by atoms with Crippen molar-refractivity contribution < 1.29 is 14.3 Å². The third-order valence-electron chi connectivity index (χ3n) is 4.08. The summed E-state index contributed by atoms with van der Waals surface area (Å²) in [5.41, 5.74) is 1.23. The summed E-state index contributed by atoms with van der Waals surface area (Å²) >= 11 is 1.64. The van der Waals surface area contributed by atoms with Crippen molar-refractivity contribution >= 4 is 23.8 Å². The van der Waals surface area contributed by atoms with E-state index in [0.717, 1.165) is 18.6 Å². The summed E-state index contributed by atoms with van der Waals surface area (Å²) in [4.78, 5) is 25.7. The molecule has 0 aromatic heterocycles. The highest BCUT2D eigenvalue weighted by Gasteiger charge is 2.25. The van der Waals surface area contributed by atoms with Crippen LogP contribution in [0.5, 0.6) is 0 Å². The van der Waals surface area contributed by atoms with Crippen LogP contribution in [0.3, 0.4) is 0 Å². The minimum atomic E-state index is -0.255. The van der Waals surface area contributed by atoms with Crippen molar-refractivity contribution in [3.8, 4) is 0 Å². The largest absolute Gasteiger partial charge is 0.450 e. The summed E-state index contributed by atoms with van der Waals surface area (Å²) in [5, 5.41) is 3.02. The molecule has 1 aliphatic rings. The first-order chi connectivity index (χ1) is 11.6. The molecule has 1 unspecified atom stereocenters. The Morgan fingerprint density at radius 2 is 1.96 bits per heavy atom. The Morgan fingerprint density at radius 3 is 2.58 bits per heavy atom. The van der Waals surface area contributed by atoms with E-state index in [0.29, 0.717) is 19.7 Å². The Kier molecular flexibility index (Phi) is 7.43. The molecule has 24 heavy (non-hydrogen) atoms. The second-order valence-corrected chi connectivity index (χ2v) is 7.24. The molecule has 0 radical (unpaired) electrons. The van der Waals surface area contributed by atoms with Gasteiger partial charge in [0.2, 0.25) is 5.91 Å². The van der Waals surface area contributed by atoms with E-state index in [1.807, 2.05) is 25.1 Å². The van der Waals surface area contributed by atoms with Crippen LogP contribution in [0.25, 0.3) is 0 Å². The van der Waals surface area contributed by atoms with Gasteiger partial charge in [0.25, 0.3) is 0 Å². The smallest absolute Gasteiger partial charge is 0.409 e. The number of nitrogens with zero attached hydrogens (tertiary/aromatic N) is 1. The maximum absolute atomic E-state index is 12.3. The average molecular weight is 350 g/mol. The van der Waals surface area contributed by atoms with Crippen LogP contribution in [0.2, 0.25) is 0 Å². The summed E-state index contributed by atoms with van der Waals surface area (Å²) in [5.74, 6) is 0.905. The van der Waals surface area contributed by atoms with Crippen molar-refractivity contribution in [3.05, 3.63) is 35.9 Å².